The van der Waals surface area contributed by atoms with E-state index >= 15 is 0 Å². The predicted octanol–water partition coefficient (Wildman–Crippen LogP) is 1.67. The first-order chi connectivity index (χ1) is 14.2. The molecule has 2 aromatic rings. The SMILES string of the molecule is COc1ccc(C(=O)Nc2ccc3c(c2)[C@]2(CCC3)CS(=O)(=O)N(C)C(=N)N2)nc1. The van der Waals surface area contributed by atoms with Crippen LogP contribution in [0.15, 0.2) is 36.5 Å². The molecule has 3 N–H and O–H groups in total. The first-order valence-corrected chi connectivity index (χ1v) is 11.1. The zero-order valence-corrected chi connectivity index (χ0v) is 17.5. The molecule has 0 bridgehead atoms. The number of carbonyl (C=O) groups is 1. The van der Waals surface area contributed by atoms with Crippen molar-refractivity contribution in [1.82, 2.24) is 14.6 Å². The molecule has 1 amide bonds. The number of hydrogen-bond acceptors (Lipinski definition) is 6. The number of aromatic nitrogens is 1. The zero-order chi connectivity index (χ0) is 21.5. The molecule has 0 unspecified atom stereocenters. The van der Waals surface area contributed by atoms with Crippen LogP contribution in [0, 0.1) is 5.41 Å². The van der Waals surface area contributed by atoms with Gasteiger partial charge in [0.05, 0.1) is 24.6 Å². The van der Waals surface area contributed by atoms with E-state index in [2.05, 4.69) is 15.6 Å². The van der Waals surface area contributed by atoms with Gasteiger partial charge in [-0.2, -0.15) is 0 Å². The number of carbonyl (C=O) groups excluding carboxylic acids is 1. The minimum atomic E-state index is -3.61. The van der Waals surface area contributed by atoms with Crippen molar-refractivity contribution >= 4 is 27.6 Å². The number of benzene rings is 1. The van der Waals surface area contributed by atoms with Crippen molar-refractivity contribution in [2.24, 2.45) is 0 Å². The highest BCUT2D eigenvalue weighted by Gasteiger charge is 2.47. The Balaban J connectivity index is 1.65. The Kier molecular flexibility index (Phi) is 4.89. The van der Waals surface area contributed by atoms with E-state index in [1.54, 1.807) is 24.3 Å². The van der Waals surface area contributed by atoms with E-state index in [0.29, 0.717) is 17.9 Å². The molecule has 1 aliphatic heterocycles. The van der Waals surface area contributed by atoms with Crippen LogP contribution in [-0.2, 0) is 22.0 Å². The van der Waals surface area contributed by atoms with Crippen LogP contribution in [0.1, 0.15) is 34.5 Å². The number of pyridine rings is 1. The molecule has 1 spiro atoms. The molecule has 4 rings (SSSR count). The fraction of sp³-hybridized carbons (Fsp3) is 0.350. The van der Waals surface area contributed by atoms with Gasteiger partial charge in [-0.25, -0.2) is 17.7 Å². The Bertz CT molecular complexity index is 1120. The average Bonchev–Trinajstić information content (AvgIpc) is 2.72. The smallest absolute Gasteiger partial charge is 0.274 e. The van der Waals surface area contributed by atoms with Gasteiger partial charge >= 0.3 is 0 Å². The van der Waals surface area contributed by atoms with Crippen LogP contribution in [0.25, 0.3) is 0 Å². The maximum atomic E-state index is 12.6. The third-order valence-corrected chi connectivity index (χ3v) is 7.53. The number of amides is 1. The van der Waals surface area contributed by atoms with Gasteiger partial charge < -0.3 is 15.4 Å². The van der Waals surface area contributed by atoms with E-state index < -0.39 is 15.6 Å². The van der Waals surface area contributed by atoms with Gasteiger partial charge in [-0.15, -0.1) is 0 Å². The molecule has 10 heteroatoms. The van der Waals surface area contributed by atoms with Crippen LogP contribution in [0.3, 0.4) is 0 Å². The maximum absolute atomic E-state index is 12.6. The molecule has 0 radical (unpaired) electrons. The molecule has 1 fully saturated rings. The molecule has 30 heavy (non-hydrogen) atoms. The number of aryl methyl sites for hydroxylation is 1. The molecule has 1 saturated heterocycles. The minimum Gasteiger partial charge on any atom is -0.495 e. The van der Waals surface area contributed by atoms with Crippen molar-refractivity contribution < 1.29 is 17.9 Å². The minimum absolute atomic E-state index is 0.136. The maximum Gasteiger partial charge on any atom is 0.274 e. The number of guanidine groups is 1. The number of anilines is 1. The van der Waals surface area contributed by atoms with Crippen LogP contribution in [0.5, 0.6) is 5.75 Å². The summed E-state index contributed by atoms with van der Waals surface area (Å²) in [5.41, 5.74) is 1.72. The number of methoxy groups -OCH3 is 1. The normalized spacial score (nSPS) is 22.2. The van der Waals surface area contributed by atoms with Crippen LogP contribution in [0.2, 0.25) is 0 Å². The van der Waals surface area contributed by atoms with Gasteiger partial charge in [0.2, 0.25) is 16.0 Å². The molecule has 0 saturated carbocycles. The van der Waals surface area contributed by atoms with E-state index in [4.69, 9.17) is 10.1 Å². The van der Waals surface area contributed by atoms with Crippen molar-refractivity contribution in [3.8, 4) is 5.75 Å². The molecule has 158 valence electrons. The standard InChI is InChI=1S/C20H23N5O4S/c1-25-19(21)24-20(12-30(25,27)28)9-3-4-13-5-6-14(10-16(13)20)23-18(26)17-8-7-15(29-2)11-22-17/h5-8,10-11H,3-4,9,12H2,1-2H3,(H2,21,24)(H,23,26)/t20-/m0/s1. The van der Waals surface area contributed by atoms with Gasteiger partial charge in [-0.3, -0.25) is 10.2 Å². The molecule has 2 heterocycles. The second-order valence-corrected chi connectivity index (χ2v) is 9.54. The fourth-order valence-electron chi connectivity index (χ4n) is 4.03. The molecule has 2 aliphatic rings. The van der Waals surface area contributed by atoms with Gasteiger partial charge in [0.25, 0.3) is 5.91 Å². The van der Waals surface area contributed by atoms with Gasteiger partial charge in [-0.05, 0) is 54.7 Å². The van der Waals surface area contributed by atoms with E-state index in [9.17, 15) is 13.2 Å². The van der Waals surface area contributed by atoms with Crippen molar-refractivity contribution in [3.05, 3.63) is 53.3 Å². The Morgan fingerprint density at radius 3 is 2.80 bits per heavy atom. The van der Waals surface area contributed by atoms with E-state index in [0.717, 1.165) is 28.3 Å². The summed E-state index contributed by atoms with van der Waals surface area (Å²) < 4.78 is 31.3. The lowest BCUT2D eigenvalue weighted by molar-refractivity contribution is 0.102. The van der Waals surface area contributed by atoms with Crippen molar-refractivity contribution in [1.29, 1.82) is 5.41 Å². The molecule has 9 nitrogen and oxygen atoms in total. The Morgan fingerprint density at radius 2 is 2.13 bits per heavy atom. The molecule has 1 aromatic carbocycles. The van der Waals surface area contributed by atoms with Crippen LogP contribution < -0.4 is 15.4 Å². The van der Waals surface area contributed by atoms with Gasteiger partial charge in [-0.1, -0.05) is 6.07 Å². The monoisotopic (exact) mass is 429 g/mol. The highest BCUT2D eigenvalue weighted by Crippen LogP contribution is 2.40. The fourth-order valence-corrected chi connectivity index (χ4v) is 5.54. The number of sulfonamides is 1. The quantitative estimate of drug-likeness (QED) is 0.682. The number of hydrogen-bond donors (Lipinski definition) is 3. The van der Waals surface area contributed by atoms with E-state index in [1.807, 2.05) is 6.07 Å². The Morgan fingerprint density at radius 1 is 1.33 bits per heavy atom. The Hall–Kier alpha value is -3.14. The lowest BCUT2D eigenvalue weighted by Crippen LogP contribution is -2.63. The summed E-state index contributed by atoms with van der Waals surface area (Å²) in [5, 5.41) is 14.0. The summed E-state index contributed by atoms with van der Waals surface area (Å²) in [4.78, 5) is 16.7. The molecule has 1 aliphatic carbocycles. The predicted molar refractivity (Wildman–Crippen MR) is 112 cm³/mol. The number of fused-ring (bicyclic) bond motifs is 2. The topological polar surface area (TPSA) is 124 Å². The summed E-state index contributed by atoms with van der Waals surface area (Å²) >= 11 is 0. The van der Waals surface area contributed by atoms with Gasteiger partial charge in [0, 0.05) is 12.7 Å². The number of nitrogens with one attached hydrogen (secondary N) is 3. The summed E-state index contributed by atoms with van der Waals surface area (Å²) in [6.45, 7) is 0. The summed E-state index contributed by atoms with van der Waals surface area (Å²) in [5.74, 6) is -0.104. The largest absolute Gasteiger partial charge is 0.495 e. The van der Waals surface area contributed by atoms with E-state index in [-0.39, 0.29) is 23.3 Å². The highest BCUT2D eigenvalue weighted by atomic mass is 32.2. The third-order valence-electron chi connectivity index (χ3n) is 5.66. The van der Waals surface area contributed by atoms with Crippen molar-refractivity contribution in [3.63, 3.8) is 0 Å². The first kappa shape index (κ1) is 20.1. The molecule has 1 atom stereocenters. The first-order valence-electron chi connectivity index (χ1n) is 9.52. The van der Waals surface area contributed by atoms with E-state index in [1.165, 1.54) is 20.4 Å². The van der Waals surface area contributed by atoms with Crippen molar-refractivity contribution in [2.45, 2.75) is 24.8 Å². The molecular formula is C20H23N5O4S. The van der Waals surface area contributed by atoms with Gasteiger partial charge in [0.15, 0.2) is 0 Å². The Labute approximate surface area is 175 Å². The van der Waals surface area contributed by atoms with Crippen LogP contribution in [-0.4, -0.2) is 49.5 Å². The molecular weight excluding hydrogens is 406 g/mol. The highest BCUT2D eigenvalue weighted by molar-refractivity contribution is 7.89. The van der Waals surface area contributed by atoms with Gasteiger partial charge in [0.1, 0.15) is 11.4 Å². The zero-order valence-electron chi connectivity index (χ0n) is 16.7. The second-order valence-electron chi connectivity index (χ2n) is 7.54. The lowest BCUT2D eigenvalue weighted by atomic mass is 9.77. The van der Waals surface area contributed by atoms with Crippen LogP contribution in [0.4, 0.5) is 5.69 Å². The van der Waals surface area contributed by atoms with Crippen molar-refractivity contribution in [2.75, 3.05) is 25.2 Å². The summed E-state index contributed by atoms with van der Waals surface area (Å²) in [7, 11) is -0.711. The summed E-state index contributed by atoms with van der Waals surface area (Å²) in [6, 6.07) is 8.73. The molecule has 1 aromatic heterocycles. The lowest BCUT2D eigenvalue weighted by Gasteiger charge is -2.45. The number of rotatable bonds is 3. The van der Waals surface area contributed by atoms with Crippen LogP contribution >= 0.6 is 0 Å². The number of nitrogens with zero attached hydrogens (tertiary/aromatic N) is 2. The second kappa shape index (κ2) is 7.28. The number of ether oxygens (including phenoxy) is 1. The third kappa shape index (κ3) is 3.47. The average molecular weight is 430 g/mol. The summed E-state index contributed by atoms with van der Waals surface area (Å²) in [6.07, 6.45) is 3.69.